The maximum absolute atomic E-state index is 11.5. The van der Waals surface area contributed by atoms with E-state index in [1.807, 2.05) is 30.3 Å². The number of nitrogens with zero attached hydrogens (tertiary/aromatic N) is 3. The van der Waals surface area contributed by atoms with Gasteiger partial charge in [-0.05, 0) is 43.3 Å². The number of pyridine rings is 1. The highest BCUT2D eigenvalue weighted by Gasteiger charge is 2.19. The number of ether oxygens (including phenoxy) is 1. The molecular formula is C19H23N3O3. The van der Waals surface area contributed by atoms with E-state index in [-0.39, 0.29) is 5.97 Å². The molecule has 1 unspecified atom stereocenters. The number of aliphatic hydroxyl groups is 1. The van der Waals surface area contributed by atoms with Crippen molar-refractivity contribution in [2.45, 2.75) is 13.0 Å². The lowest BCUT2D eigenvalue weighted by atomic mass is 10.2. The molecule has 3 rings (SSSR count). The Hall–Kier alpha value is -2.60. The van der Waals surface area contributed by atoms with E-state index < -0.39 is 6.10 Å². The zero-order chi connectivity index (χ0) is 17.8. The number of esters is 1. The summed E-state index contributed by atoms with van der Waals surface area (Å²) in [6.45, 7) is 5.18. The molecule has 2 aromatic rings. The molecule has 1 aliphatic rings. The Labute approximate surface area is 147 Å². The van der Waals surface area contributed by atoms with Crippen molar-refractivity contribution in [3.8, 4) is 0 Å². The van der Waals surface area contributed by atoms with Crippen molar-refractivity contribution in [3.05, 3.63) is 53.7 Å². The van der Waals surface area contributed by atoms with E-state index in [4.69, 9.17) is 4.74 Å². The molecule has 1 N–H and O–H groups in total. The summed E-state index contributed by atoms with van der Waals surface area (Å²) in [5, 5.41) is 9.69. The molecule has 1 aliphatic heterocycles. The van der Waals surface area contributed by atoms with E-state index in [1.54, 1.807) is 19.1 Å². The first-order chi connectivity index (χ1) is 12.1. The minimum absolute atomic E-state index is 0.319. The molecule has 1 aromatic carbocycles. The SMILES string of the molecule is COC(=O)c1ccc(N2CCN(c3cccc(C(C)O)n3)CC2)cc1. The monoisotopic (exact) mass is 341 g/mol. The van der Waals surface area contributed by atoms with Gasteiger partial charge in [0.05, 0.1) is 24.5 Å². The van der Waals surface area contributed by atoms with E-state index in [2.05, 4.69) is 14.8 Å². The van der Waals surface area contributed by atoms with Crippen molar-refractivity contribution in [2.24, 2.45) is 0 Å². The van der Waals surface area contributed by atoms with Crippen LogP contribution in [-0.2, 0) is 4.74 Å². The third-order valence-corrected chi connectivity index (χ3v) is 4.44. The molecule has 6 heteroatoms. The van der Waals surface area contributed by atoms with Crippen molar-refractivity contribution >= 4 is 17.5 Å². The van der Waals surface area contributed by atoms with Gasteiger partial charge in [0, 0.05) is 31.9 Å². The number of hydrogen-bond acceptors (Lipinski definition) is 6. The lowest BCUT2D eigenvalue weighted by Gasteiger charge is -2.37. The van der Waals surface area contributed by atoms with Gasteiger partial charge in [-0.2, -0.15) is 0 Å². The van der Waals surface area contributed by atoms with Crippen LogP contribution in [0.2, 0.25) is 0 Å². The molecule has 0 radical (unpaired) electrons. The van der Waals surface area contributed by atoms with Crippen LogP contribution in [-0.4, -0.2) is 49.3 Å². The Bertz CT molecular complexity index is 723. The number of aliphatic hydroxyl groups excluding tert-OH is 1. The molecule has 0 spiro atoms. The van der Waals surface area contributed by atoms with Gasteiger partial charge in [0.1, 0.15) is 5.82 Å². The Morgan fingerprint density at radius 3 is 2.32 bits per heavy atom. The van der Waals surface area contributed by atoms with Gasteiger partial charge in [-0.15, -0.1) is 0 Å². The standard InChI is InChI=1S/C19H23N3O3/c1-14(23)17-4-3-5-18(20-17)22-12-10-21(11-13-22)16-8-6-15(7-9-16)19(24)25-2/h3-9,14,23H,10-13H2,1-2H3. The molecule has 25 heavy (non-hydrogen) atoms. The predicted octanol–water partition coefficient (Wildman–Crippen LogP) is 2.25. The van der Waals surface area contributed by atoms with Gasteiger partial charge < -0.3 is 19.6 Å². The Balaban J connectivity index is 1.64. The van der Waals surface area contributed by atoms with E-state index in [9.17, 15) is 9.90 Å². The third-order valence-electron chi connectivity index (χ3n) is 4.44. The first kappa shape index (κ1) is 17.2. The number of benzene rings is 1. The highest BCUT2D eigenvalue weighted by Crippen LogP contribution is 2.21. The average molecular weight is 341 g/mol. The van der Waals surface area contributed by atoms with Crippen LogP contribution in [0, 0.1) is 0 Å². The molecule has 2 heterocycles. The van der Waals surface area contributed by atoms with Crippen LogP contribution >= 0.6 is 0 Å². The minimum atomic E-state index is -0.561. The zero-order valence-corrected chi connectivity index (χ0v) is 14.6. The predicted molar refractivity (Wildman–Crippen MR) is 97.1 cm³/mol. The van der Waals surface area contributed by atoms with Crippen molar-refractivity contribution in [1.82, 2.24) is 4.98 Å². The van der Waals surface area contributed by atoms with Crippen LogP contribution in [0.3, 0.4) is 0 Å². The lowest BCUT2D eigenvalue weighted by molar-refractivity contribution is 0.0600. The second kappa shape index (κ2) is 7.53. The summed E-state index contributed by atoms with van der Waals surface area (Å²) in [6.07, 6.45) is -0.561. The number of hydrogen-bond donors (Lipinski definition) is 1. The quantitative estimate of drug-likeness (QED) is 0.861. The molecule has 132 valence electrons. The number of piperazine rings is 1. The molecule has 0 amide bonds. The minimum Gasteiger partial charge on any atom is -0.465 e. The summed E-state index contributed by atoms with van der Waals surface area (Å²) in [7, 11) is 1.38. The molecule has 0 saturated carbocycles. The number of methoxy groups -OCH3 is 1. The van der Waals surface area contributed by atoms with Gasteiger partial charge in [-0.25, -0.2) is 9.78 Å². The summed E-state index contributed by atoms with van der Waals surface area (Å²) in [4.78, 5) is 20.6. The van der Waals surface area contributed by atoms with Crippen molar-refractivity contribution in [1.29, 1.82) is 0 Å². The normalized spacial score (nSPS) is 15.8. The molecule has 1 atom stereocenters. The smallest absolute Gasteiger partial charge is 0.337 e. The number of aromatic nitrogens is 1. The van der Waals surface area contributed by atoms with E-state index >= 15 is 0 Å². The highest BCUT2D eigenvalue weighted by molar-refractivity contribution is 5.89. The number of rotatable bonds is 4. The number of carbonyl (C=O) groups excluding carboxylic acids is 1. The maximum atomic E-state index is 11.5. The molecule has 1 fully saturated rings. The topological polar surface area (TPSA) is 65.9 Å². The largest absolute Gasteiger partial charge is 0.465 e. The molecule has 0 bridgehead atoms. The maximum Gasteiger partial charge on any atom is 0.337 e. The fourth-order valence-corrected chi connectivity index (χ4v) is 2.97. The van der Waals surface area contributed by atoms with Crippen LogP contribution < -0.4 is 9.80 Å². The van der Waals surface area contributed by atoms with Crippen LogP contribution in [0.4, 0.5) is 11.5 Å². The summed E-state index contributed by atoms with van der Waals surface area (Å²) in [6, 6.07) is 13.2. The van der Waals surface area contributed by atoms with E-state index in [1.165, 1.54) is 7.11 Å². The molecule has 1 aromatic heterocycles. The average Bonchev–Trinajstić information content (AvgIpc) is 2.67. The van der Waals surface area contributed by atoms with E-state index in [0.717, 1.165) is 37.7 Å². The lowest BCUT2D eigenvalue weighted by Crippen LogP contribution is -2.46. The Morgan fingerprint density at radius 1 is 1.08 bits per heavy atom. The summed E-state index contributed by atoms with van der Waals surface area (Å²) < 4.78 is 4.73. The number of carbonyl (C=O) groups is 1. The van der Waals surface area contributed by atoms with E-state index in [0.29, 0.717) is 11.3 Å². The Kier molecular flexibility index (Phi) is 5.19. The number of anilines is 2. The van der Waals surface area contributed by atoms with Gasteiger partial charge in [0.25, 0.3) is 0 Å². The van der Waals surface area contributed by atoms with Gasteiger partial charge in [0.2, 0.25) is 0 Å². The van der Waals surface area contributed by atoms with Crippen LogP contribution in [0.15, 0.2) is 42.5 Å². The summed E-state index contributed by atoms with van der Waals surface area (Å²) in [5.74, 6) is 0.583. The zero-order valence-electron chi connectivity index (χ0n) is 14.6. The molecular weight excluding hydrogens is 318 g/mol. The summed E-state index contributed by atoms with van der Waals surface area (Å²) >= 11 is 0. The first-order valence-corrected chi connectivity index (χ1v) is 8.42. The van der Waals surface area contributed by atoms with Gasteiger partial charge in [0.15, 0.2) is 0 Å². The van der Waals surface area contributed by atoms with Crippen molar-refractivity contribution in [2.75, 3.05) is 43.1 Å². The highest BCUT2D eigenvalue weighted by atomic mass is 16.5. The van der Waals surface area contributed by atoms with Gasteiger partial charge in [-0.3, -0.25) is 0 Å². The third kappa shape index (κ3) is 3.91. The molecule has 1 saturated heterocycles. The fourth-order valence-electron chi connectivity index (χ4n) is 2.97. The second-order valence-corrected chi connectivity index (χ2v) is 6.11. The van der Waals surface area contributed by atoms with Crippen molar-refractivity contribution in [3.63, 3.8) is 0 Å². The first-order valence-electron chi connectivity index (χ1n) is 8.42. The van der Waals surface area contributed by atoms with Gasteiger partial charge >= 0.3 is 5.97 Å². The van der Waals surface area contributed by atoms with Crippen LogP contribution in [0.1, 0.15) is 29.1 Å². The van der Waals surface area contributed by atoms with Crippen LogP contribution in [0.25, 0.3) is 0 Å². The van der Waals surface area contributed by atoms with Gasteiger partial charge in [-0.1, -0.05) is 6.07 Å². The van der Waals surface area contributed by atoms with Crippen molar-refractivity contribution < 1.29 is 14.6 Å². The Morgan fingerprint density at radius 2 is 1.72 bits per heavy atom. The molecule has 6 nitrogen and oxygen atoms in total. The van der Waals surface area contributed by atoms with Crippen LogP contribution in [0.5, 0.6) is 0 Å². The molecule has 0 aliphatic carbocycles. The second-order valence-electron chi connectivity index (χ2n) is 6.11. The summed E-state index contributed by atoms with van der Waals surface area (Å²) in [5.41, 5.74) is 2.35. The fraction of sp³-hybridized carbons (Fsp3) is 0.368.